The smallest absolute Gasteiger partial charge is 0.205 e. The zero-order chi connectivity index (χ0) is 12.1. The molecule has 1 aromatic rings. The fraction of sp³-hybridized carbons (Fsp3) is 0.357. The van der Waals surface area contributed by atoms with Crippen molar-refractivity contribution in [2.24, 2.45) is 4.99 Å². The van der Waals surface area contributed by atoms with E-state index in [1.54, 1.807) is 7.11 Å². The van der Waals surface area contributed by atoms with E-state index in [9.17, 15) is 0 Å². The summed E-state index contributed by atoms with van der Waals surface area (Å²) in [6, 6.07) is 6.26. The van der Waals surface area contributed by atoms with Crippen LogP contribution >= 0.6 is 0 Å². The summed E-state index contributed by atoms with van der Waals surface area (Å²) in [6.45, 7) is 10.0. The molecule has 1 rings (SSSR count). The Balaban J connectivity index is 3.24. The van der Waals surface area contributed by atoms with Crippen molar-refractivity contribution in [1.82, 2.24) is 0 Å². The molecule has 2 heteroatoms. The first kappa shape index (κ1) is 12.5. The number of nitrogens with zero attached hydrogens (tertiary/aromatic N) is 1. The summed E-state index contributed by atoms with van der Waals surface area (Å²) in [5.41, 5.74) is 4.72. The average molecular weight is 217 g/mol. The largest absolute Gasteiger partial charge is 0.481 e. The minimum Gasteiger partial charge on any atom is -0.481 e. The van der Waals surface area contributed by atoms with Gasteiger partial charge in [-0.05, 0) is 38.0 Å². The quantitative estimate of drug-likeness (QED) is 0.557. The van der Waals surface area contributed by atoms with Gasteiger partial charge in [-0.15, -0.1) is 0 Å². The summed E-state index contributed by atoms with van der Waals surface area (Å²) < 4.78 is 5.00. The third-order valence-corrected chi connectivity index (χ3v) is 2.60. The first-order valence-corrected chi connectivity index (χ1v) is 5.47. The summed E-state index contributed by atoms with van der Waals surface area (Å²) in [5.74, 6) is 0.458. The standard InChI is InChI=1S/C14H19NO/c1-6-13(15-12(4)16-5)14-10(2)8-7-9-11(14)3/h7-9H,4,6H2,1-3,5H3. The summed E-state index contributed by atoms with van der Waals surface area (Å²) in [4.78, 5) is 4.41. The maximum absolute atomic E-state index is 5.00. The zero-order valence-corrected chi connectivity index (χ0v) is 10.5. The third kappa shape index (κ3) is 2.72. The maximum Gasteiger partial charge on any atom is 0.205 e. The fourth-order valence-electron chi connectivity index (χ4n) is 1.78. The van der Waals surface area contributed by atoms with E-state index in [-0.39, 0.29) is 0 Å². The lowest BCUT2D eigenvalue weighted by atomic mass is 9.97. The minimum atomic E-state index is 0.458. The van der Waals surface area contributed by atoms with Crippen molar-refractivity contribution in [3.63, 3.8) is 0 Å². The molecular formula is C14H19NO. The summed E-state index contributed by atoms with van der Waals surface area (Å²) in [5, 5.41) is 0. The SMILES string of the molecule is C=C(N=C(CC)c1c(C)cccc1C)OC. The predicted octanol–water partition coefficient (Wildman–Crippen LogP) is 3.62. The third-order valence-electron chi connectivity index (χ3n) is 2.60. The van der Waals surface area contributed by atoms with Gasteiger partial charge in [-0.3, -0.25) is 0 Å². The molecule has 0 fully saturated rings. The van der Waals surface area contributed by atoms with E-state index in [0.717, 1.165) is 12.1 Å². The van der Waals surface area contributed by atoms with Crippen molar-refractivity contribution in [2.45, 2.75) is 27.2 Å². The predicted molar refractivity (Wildman–Crippen MR) is 68.9 cm³/mol. The molecule has 0 unspecified atom stereocenters. The van der Waals surface area contributed by atoms with Crippen molar-refractivity contribution >= 4 is 5.71 Å². The second kappa shape index (κ2) is 5.50. The van der Waals surface area contributed by atoms with Crippen LogP contribution in [-0.4, -0.2) is 12.8 Å². The lowest BCUT2D eigenvalue weighted by molar-refractivity contribution is 0.290. The zero-order valence-electron chi connectivity index (χ0n) is 10.5. The van der Waals surface area contributed by atoms with Crippen molar-refractivity contribution < 1.29 is 4.74 Å². The van der Waals surface area contributed by atoms with Gasteiger partial charge in [0.2, 0.25) is 5.88 Å². The molecule has 1 aromatic carbocycles. The minimum absolute atomic E-state index is 0.458. The number of aliphatic imine (C=N–C) groups is 1. The molecular weight excluding hydrogens is 198 g/mol. The number of aryl methyl sites for hydroxylation is 2. The van der Waals surface area contributed by atoms with Crippen LogP contribution in [0, 0.1) is 13.8 Å². The van der Waals surface area contributed by atoms with Gasteiger partial charge in [-0.25, -0.2) is 4.99 Å². The Bertz CT molecular complexity index is 398. The molecule has 0 spiro atoms. The second-order valence-corrected chi connectivity index (χ2v) is 3.78. The lowest BCUT2D eigenvalue weighted by Gasteiger charge is -2.11. The monoisotopic (exact) mass is 217 g/mol. The molecule has 16 heavy (non-hydrogen) atoms. The first-order valence-electron chi connectivity index (χ1n) is 5.47. The molecule has 2 nitrogen and oxygen atoms in total. The van der Waals surface area contributed by atoms with E-state index >= 15 is 0 Å². The normalized spacial score (nSPS) is 11.4. The topological polar surface area (TPSA) is 21.6 Å². The van der Waals surface area contributed by atoms with Gasteiger partial charge in [0, 0.05) is 5.56 Å². The van der Waals surface area contributed by atoms with Gasteiger partial charge in [-0.1, -0.05) is 25.1 Å². The van der Waals surface area contributed by atoms with Gasteiger partial charge in [-0.2, -0.15) is 0 Å². The molecule has 0 aliphatic carbocycles. The molecule has 0 N–H and O–H groups in total. The van der Waals surface area contributed by atoms with Crippen LogP contribution in [0.15, 0.2) is 35.7 Å². The number of ether oxygens (including phenoxy) is 1. The second-order valence-electron chi connectivity index (χ2n) is 3.78. The summed E-state index contributed by atoms with van der Waals surface area (Å²) >= 11 is 0. The molecule has 0 aliphatic heterocycles. The summed E-state index contributed by atoms with van der Waals surface area (Å²) in [6.07, 6.45) is 0.869. The Hall–Kier alpha value is -1.57. The Morgan fingerprint density at radius 1 is 1.31 bits per heavy atom. The van der Waals surface area contributed by atoms with Crippen LogP contribution in [0.4, 0.5) is 0 Å². The number of methoxy groups -OCH3 is 1. The van der Waals surface area contributed by atoms with Crippen LogP contribution < -0.4 is 0 Å². The van der Waals surface area contributed by atoms with Crippen LogP contribution in [0.25, 0.3) is 0 Å². The van der Waals surface area contributed by atoms with Crippen molar-refractivity contribution in [2.75, 3.05) is 7.11 Å². The van der Waals surface area contributed by atoms with Crippen LogP contribution in [0.1, 0.15) is 30.0 Å². The highest BCUT2D eigenvalue weighted by atomic mass is 16.5. The Labute approximate surface area is 97.7 Å². The van der Waals surface area contributed by atoms with E-state index in [1.807, 2.05) is 0 Å². The van der Waals surface area contributed by atoms with Crippen molar-refractivity contribution in [3.05, 3.63) is 47.4 Å². The van der Waals surface area contributed by atoms with E-state index < -0.39 is 0 Å². The molecule has 0 aromatic heterocycles. The molecule has 0 aliphatic rings. The summed E-state index contributed by atoms with van der Waals surface area (Å²) in [7, 11) is 1.59. The Morgan fingerprint density at radius 3 is 2.31 bits per heavy atom. The van der Waals surface area contributed by atoms with Gasteiger partial charge in [0.05, 0.1) is 12.8 Å². The first-order chi connectivity index (χ1) is 7.60. The molecule has 0 bridgehead atoms. The average Bonchev–Trinajstić information content (AvgIpc) is 2.27. The molecule has 86 valence electrons. The number of hydrogen-bond donors (Lipinski definition) is 0. The van der Waals surface area contributed by atoms with Crippen molar-refractivity contribution in [1.29, 1.82) is 0 Å². The van der Waals surface area contributed by atoms with E-state index in [1.165, 1.54) is 16.7 Å². The van der Waals surface area contributed by atoms with Gasteiger partial charge in [0.15, 0.2) is 0 Å². The molecule has 0 saturated heterocycles. The van der Waals surface area contributed by atoms with Crippen LogP contribution in [-0.2, 0) is 4.74 Å². The van der Waals surface area contributed by atoms with E-state index in [2.05, 4.69) is 50.5 Å². The molecule has 0 amide bonds. The maximum atomic E-state index is 5.00. The van der Waals surface area contributed by atoms with Crippen molar-refractivity contribution in [3.8, 4) is 0 Å². The van der Waals surface area contributed by atoms with Gasteiger partial charge in [0.25, 0.3) is 0 Å². The van der Waals surface area contributed by atoms with Crippen LogP contribution in [0.2, 0.25) is 0 Å². The van der Waals surface area contributed by atoms with Crippen LogP contribution in [0.3, 0.4) is 0 Å². The van der Waals surface area contributed by atoms with E-state index in [4.69, 9.17) is 4.74 Å². The number of rotatable bonds is 4. The number of benzene rings is 1. The Kier molecular flexibility index (Phi) is 4.29. The van der Waals surface area contributed by atoms with Gasteiger partial charge >= 0.3 is 0 Å². The lowest BCUT2D eigenvalue weighted by Crippen LogP contribution is -2.05. The molecule has 0 heterocycles. The highest BCUT2D eigenvalue weighted by molar-refractivity contribution is 6.03. The highest BCUT2D eigenvalue weighted by Gasteiger charge is 2.08. The van der Waals surface area contributed by atoms with Gasteiger partial charge in [0.1, 0.15) is 0 Å². The molecule has 0 radical (unpaired) electrons. The fourth-order valence-corrected chi connectivity index (χ4v) is 1.78. The van der Waals surface area contributed by atoms with Gasteiger partial charge < -0.3 is 4.74 Å². The highest BCUT2D eigenvalue weighted by Crippen LogP contribution is 2.17. The van der Waals surface area contributed by atoms with Crippen LogP contribution in [0.5, 0.6) is 0 Å². The molecule has 0 atom stereocenters. The molecule has 0 saturated carbocycles. The Morgan fingerprint density at radius 2 is 1.88 bits per heavy atom. The number of hydrogen-bond acceptors (Lipinski definition) is 2. The van der Waals surface area contributed by atoms with E-state index in [0.29, 0.717) is 5.88 Å².